The molecular formula is C22H20ClN5O. The molecule has 5 rings (SSSR count). The lowest BCUT2D eigenvalue weighted by molar-refractivity contribution is 0.767. The minimum atomic E-state index is -0.354. The fourth-order valence-electron chi connectivity index (χ4n) is 3.66. The highest BCUT2D eigenvalue weighted by Crippen LogP contribution is 2.41. The first-order valence-corrected chi connectivity index (χ1v) is 10.0. The van der Waals surface area contributed by atoms with E-state index in [1.165, 1.54) is 18.4 Å². The number of fused-ring (bicyclic) bond motifs is 1. The van der Waals surface area contributed by atoms with E-state index < -0.39 is 0 Å². The molecule has 2 aromatic heterocycles. The quantitative estimate of drug-likeness (QED) is 0.538. The van der Waals surface area contributed by atoms with Crippen LogP contribution in [0.2, 0.25) is 5.02 Å². The zero-order valence-corrected chi connectivity index (χ0v) is 16.7. The number of halogens is 1. The van der Waals surface area contributed by atoms with Gasteiger partial charge in [0.25, 0.3) is 0 Å². The van der Waals surface area contributed by atoms with Crippen molar-refractivity contribution < 1.29 is 0 Å². The van der Waals surface area contributed by atoms with Gasteiger partial charge in [0.15, 0.2) is 0 Å². The molecule has 7 heteroatoms. The van der Waals surface area contributed by atoms with Crippen LogP contribution in [0.15, 0.2) is 59.7 Å². The number of aryl methyl sites for hydroxylation is 1. The van der Waals surface area contributed by atoms with Crippen LogP contribution in [0, 0.1) is 0 Å². The summed E-state index contributed by atoms with van der Waals surface area (Å²) in [5, 5.41) is 8.90. The van der Waals surface area contributed by atoms with Crippen molar-refractivity contribution in [2.45, 2.75) is 25.3 Å². The predicted molar refractivity (Wildman–Crippen MR) is 115 cm³/mol. The van der Waals surface area contributed by atoms with Crippen molar-refractivity contribution in [3.05, 3.63) is 81.5 Å². The van der Waals surface area contributed by atoms with E-state index in [1.807, 2.05) is 37.5 Å². The first kappa shape index (κ1) is 17.9. The van der Waals surface area contributed by atoms with Crippen molar-refractivity contribution in [1.82, 2.24) is 19.3 Å². The second-order valence-electron chi connectivity index (χ2n) is 7.46. The SMILES string of the molecule is Cn1cc(CNc2nc(=O)n(-c3ccccc3Cl)c3cc(C4CC4)ccc23)cn1. The molecule has 0 amide bonds. The van der Waals surface area contributed by atoms with Crippen molar-refractivity contribution in [2.24, 2.45) is 7.05 Å². The van der Waals surface area contributed by atoms with Crippen LogP contribution in [0.3, 0.4) is 0 Å². The predicted octanol–water partition coefficient (Wildman–Crippen LogP) is 4.26. The van der Waals surface area contributed by atoms with Gasteiger partial charge < -0.3 is 5.32 Å². The molecule has 2 aromatic carbocycles. The number of nitrogens with zero attached hydrogens (tertiary/aromatic N) is 4. The maximum atomic E-state index is 13.1. The topological polar surface area (TPSA) is 64.7 Å². The number of hydrogen-bond donors (Lipinski definition) is 1. The number of para-hydroxylation sites is 1. The van der Waals surface area contributed by atoms with E-state index in [9.17, 15) is 4.79 Å². The molecule has 4 aromatic rings. The molecule has 29 heavy (non-hydrogen) atoms. The second-order valence-corrected chi connectivity index (χ2v) is 7.86. The van der Waals surface area contributed by atoms with Gasteiger partial charge in [-0.3, -0.25) is 9.25 Å². The van der Waals surface area contributed by atoms with E-state index in [-0.39, 0.29) is 5.69 Å². The van der Waals surface area contributed by atoms with E-state index in [1.54, 1.807) is 21.5 Å². The molecule has 6 nitrogen and oxygen atoms in total. The third-order valence-corrected chi connectivity index (χ3v) is 5.60. The van der Waals surface area contributed by atoms with Crippen LogP contribution in [-0.2, 0) is 13.6 Å². The van der Waals surface area contributed by atoms with Crippen molar-refractivity contribution in [3.8, 4) is 5.69 Å². The minimum Gasteiger partial charge on any atom is -0.365 e. The van der Waals surface area contributed by atoms with E-state index in [0.29, 0.717) is 29.0 Å². The molecule has 0 aliphatic heterocycles. The Morgan fingerprint density at radius 3 is 2.76 bits per heavy atom. The fourth-order valence-corrected chi connectivity index (χ4v) is 3.88. The standard InChI is InChI=1S/C22H20ClN5O/c1-27-13-14(12-25-27)11-24-21-17-9-8-16(15-6-7-15)10-20(17)28(22(29)26-21)19-5-3-2-4-18(19)23/h2-5,8-10,12-13,15H,6-7,11H2,1H3,(H,24,26,29). The number of rotatable bonds is 5. The summed E-state index contributed by atoms with van der Waals surface area (Å²) in [4.78, 5) is 17.4. The van der Waals surface area contributed by atoms with Crippen LogP contribution >= 0.6 is 11.6 Å². The van der Waals surface area contributed by atoms with Crippen molar-refractivity contribution >= 4 is 28.3 Å². The summed E-state index contributed by atoms with van der Waals surface area (Å²) in [5.41, 5.74) is 3.38. The Morgan fingerprint density at radius 2 is 2.03 bits per heavy atom. The number of benzene rings is 2. The average molecular weight is 406 g/mol. The Labute approximate surface area is 172 Å². The molecule has 1 saturated carbocycles. The van der Waals surface area contributed by atoms with Gasteiger partial charge in [-0.15, -0.1) is 0 Å². The Kier molecular flexibility index (Phi) is 4.36. The van der Waals surface area contributed by atoms with Crippen LogP contribution in [0.4, 0.5) is 5.82 Å². The molecule has 1 aliphatic carbocycles. The monoisotopic (exact) mass is 405 g/mol. The zero-order valence-electron chi connectivity index (χ0n) is 16.0. The summed E-state index contributed by atoms with van der Waals surface area (Å²) in [6.45, 7) is 0.538. The van der Waals surface area contributed by atoms with Crippen LogP contribution in [0.25, 0.3) is 16.6 Å². The van der Waals surface area contributed by atoms with Gasteiger partial charge in [0, 0.05) is 30.7 Å². The maximum Gasteiger partial charge on any atom is 0.354 e. The molecule has 2 heterocycles. The summed E-state index contributed by atoms with van der Waals surface area (Å²) in [6, 6.07) is 13.7. The Balaban J connectivity index is 1.66. The zero-order chi connectivity index (χ0) is 20.0. The average Bonchev–Trinajstić information content (AvgIpc) is 3.48. The third-order valence-electron chi connectivity index (χ3n) is 5.28. The molecule has 1 aliphatic rings. The van der Waals surface area contributed by atoms with Gasteiger partial charge in [-0.2, -0.15) is 10.1 Å². The largest absolute Gasteiger partial charge is 0.365 e. The molecule has 0 unspecified atom stereocenters. The molecule has 0 bridgehead atoms. The number of hydrogen-bond acceptors (Lipinski definition) is 4. The molecular weight excluding hydrogens is 386 g/mol. The summed E-state index contributed by atoms with van der Waals surface area (Å²) in [7, 11) is 1.88. The third kappa shape index (κ3) is 3.40. The van der Waals surface area contributed by atoms with E-state index in [4.69, 9.17) is 11.6 Å². The summed E-state index contributed by atoms with van der Waals surface area (Å²) >= 11 is 6.42. The second kappa shape index (κ2) is 7.04. The molecule has 146 valence electrons. The van der Waals surface area contributed by atoms with Crippen LogP contribution in [0.1, 0.15) is 29.9 Å². The van der Waals surface area contributed by atoms with Crippen molar-refractivity contribution in [3.63, 3.8) is 0 Å². The molecule has 0 saturated heterocycles. The highest BCUT2D eigenvalue weighted by atomic mass is 35.5. The summed E-state index contributed by atoms with van der Waals surface area (Å²) < 4.78 is 3.36. The normalized spacial score (nSPS) is 13.7. The van der Waals surface area contributed by atoms with E-state index >= 15 is 0 Å². The van der Waals surface area contributed by atoms with Gasteiger partial charge in [0.1, 0.15) is 5.82 Å². The number of anilines is 1. The number of nitrogens with one attached hydrogen (secondary N) is 1. The van der Waals surface area contributed by atoms with Crippen LogP contribution < -0.4 is 11.0 Å². The van der Waals surface area contributed by atoms with E-state index in [2.05, 4.69) is 27.5 Å². The Bertz CT molecular complexity index is 1270. The molecule has 0 spiro atoms. The van der Waals surface area contributed by atoms with E-state index in [0.717, 1.165) is 16.5 Å². The fraction of sp³-hybridized carbons (Fsp3) is 0.227. The molecule has 0 atom stereocenters. The Hall–Kier alpha value is -3.12. The highest BCUT2D eigenvalue weighted by Gasteiger charge is 2.24. The van der Waals surface area contributed by atoms with Gasteiger partial charge in [0.05, 0.1) is 22.4 Å². The van der Waals surface area contributed by atoms with Gasteiger partial charge in [-0.05, 0) is 48.6 Å². The maximum absolute atomic E-state index is 13.1. The Morgan fingerprint density at radius 1 is 1.21 bits per heavy atom. The number of aromatic nitrogens is 4. The van der Waals surface area contributed by atoms with Crippen molar-refractivity contribution in [2.75, 3.05) is 5.32 Å². The van der Waals surface area contributed by atoms with Crippen LogP contribution in [-0.4, -0.2) is 19.3 Å². The molecule has 0 radical (unpaired) electrons. The minimum absolute atomic E-state index is 0.354. The van der Waals surface area contributed by atoms with Crippen molar-refractivity contribution in [1.29, 1.82) is 0 Å². The first-order valence-electron chi connectivity index (χ1n) is 9.63. The lowest BCUT2D eigenvalue weighted by Gasteiger charge is -2.15. The highest BCUT2D eigenvalue weighted by molar-refractivity contribution is 6.32. The first-order chi connectivity index (χ1) is 14.1. The molecule has 1 N–H and O–H groups in total. The lowest BCUT2D eigenvalue weighted by atomic mass is 10.1. The smallest absolute Gasteiger partial charge is 0.354 e. The van der Waals surface area contributed by atoms with Gasteiger partial charge >= 0.3 is 5.69 Å². The summed E-state index contributed by atoms with van der Waals surface area (Å²) in [5.74, 6) is 1.15. The van der Waals surface area contributed by atoms with Gasteiger partial charge in [-0.1, -0.05) is 29.8 Å². The van der Waals surface area contributed by atoms with Gasteiger partial charge in [0.2, 0.25) is 0 Å². The van der Waals surface area contributed by atoms with Gasteiger partial charge in [-0.25, -0.2) is 4.79 Å². The van der Waals surface area contributed by atoms with Crippen LogP contribution in [0.5, 0.6) is 0 Å². The molecule has 1 fully saturated rings. The summed E-state index contributed by atoms with van der Waals surface area (Å²) in [6.07, 6.45) is 6.12. The lowest BCUT2D eigenvalue weighted by Crippen LogP contribution is -2.24.